The number of nitrogens with two attached hydrogens (primary N) is 1. The Morgan fingerprint density at radius 2 is 1.97 bits per heavy atom. The van der Waals surface area contributed by atoms with E-state index in [0.717, 1.165) is 44.2 Å². The highest BCUT2D eigenvalue weighted by atomic mass is 32.2. The van der Waals surface area contributed by atoms with Gasteiger partial charge in [0.15, 0.2) is 0 Å². The Hall–Kier alpha value is -2.23. The first-order valence-electron chi connectivity index (χ1n) is 10.6. The van der Waals surface area contributed by atoms with Crippen LogP contribution in [0.25, 0.3) is 0 Å². The number of urea groups is 1. The molecule has 9 heteroatoms. The van der Waals surface area contributed by atoms with E-state index in [4.69, 9.17) is 9.88 Å². The summed E-state index contributed by atoms with van der Waals surface area (Å²) in [5.74, 6) is 0.287. The predicted octanol–water partition coefficient (Wildman–Crippen LogP) is 2.96. The number of carbonyl (C=O) groups is 1. The third kappa shape index (κ3) is 3.44. The van der Waals surface area contributed by atoms with Crippen LogP contribution in [0.3, 0.4) is 0 Å². The van der Waals surface area contributed by atoms with Gasteiger partial charge in [-0.25, -0.2) is 14.1 Å². The van der Waals surface area contributed by atoms with Crippen molar-refractivity contribution in [1.29, 1.82) is 0 Å². The van der Waals surface area contributed by atoms with Crippen molar-refractivity contribution in [3.63, 3.8) is 0 Å². The van der Waals surface area contributed by atoms with E-state index in [1.807, 2.05) is 0 Å². The molecule has 2 atom stereocenters. The Labute approximate surface area is 176 Å². The average molecular weight is 430 g/mol. The largest absolute Gasteiger partial charge is 0.375 e. The van der Waals surface area contributed by atoms with E-state index in [-0.39, 0.29) is 17.4 Å². The zero-order chi connectivity index (χ0) is 20.9. The number of amides is 2. The molecule has 160 valence electrons. The molecule has 0 fully saturated rings. The molecular weight excluding hydrogens is 402 g/mol. The topological polar surface area (TPSA) is 112 Å². The van der Waals surface area contributed by atoms with Gasteiger partial charge in [-0.1, -0.05) is 13.0 Å². The van der Waals surface area contributed by atoms with Gasteiger partial charge in [-0.2, -0.15) is 5.10 Å². The van der Waals surface area contributed by atoms with Gasteiger partial charge in [0.1, 0.15) is 14.8 Å². The summed E-state index contributed by atoms with van der Waals surface area (Å²) in [6.07, 6.45) is 7.60. The summed E-state index contributed by atoms with van der Waals surface area (Å²) in [6, 6.07) is 1.63. The predicted molar refractivity (Wildman–Crippen MR) is 114 cm³/mol. The van der Waals surface area contributed by atoms with Crippen LogP contribution < -0.4 is 10.5 Å². The number of aromatic nitrogens is 2. The van der Waals surface area contributed by atoms with E-state index in [9.17, 15) is 9.00 Å². The van der Waals surface area contributed by atoms with E-state index in [1.54, 1.807) is 4.68 Å². The maximum absolute atomic E-state index is 13.2. The number of hydrogen-bond donors (Lipinski definition) is 2. The van der Waals surface area contributed by atoms with E-state index in [1.165, 1.54) is 28.5 Å². The molecule has 3 N–H and O–H groups in total. The minimum Gasteiger partial charge on any atom is -0.375 e. The monoisotopic (exact) mass is 429 g/mol. The number of carbonyl (C=O) groups excluding carboxylic acids is 1. The number of hydrogen-bond acceptors (Lipinski definition) is 4. The van der Waals surface area contributed by atoms with Gasteiger partial charge >= 0.3 is 6.03 Å². The average Bonchev–Trinajstić information content (AvgIpc) is 3.39. The zero-order valence-electron chi connectivity index (χ0n) is 17.1. The number of nitrogens with one attached hydrogen (secondary N) is 1. The molecule has 2 aliphatic carbocycles. The van der Waals surface area contributed by atoms with Crippen LogP contribution in [0.2, 0.25) is 0 Å². The molecule has 2 heterocycles. The van der Waals surface area contributed by atoms with E-state index < -0.39 is 15.9 Å². The Kier molecular flexibility index (Phi) is 4.91. The minimum atomic E-state index is -3.44. The molecule has 0 saturated heterocycles. The summed E-state index contributed by atoms with van der Waals surface area (Å²) in [7, 11) is -3.44. The molecule has 0 saturated carbocycles. The molecule has 3 aliphatic rings. The number of anilines is 1. The highest BCUT2D eigenvalue weighted by Crippen LogP contribution is 2.38. The molecule has 5 rings (SSSR count). The fourth-order valence-electron chi connectivity index (χ4n) is 4.91. The summed E-state index contributed by atoms with van der Waals surface area (Å²) in [4.78, 5) is 13.1. The lowest BCUT2D eigenvalue weighted by Crippen LogP contribution is -2.20. The first-order valence-corrected chi connectivity index (χ1v) is 12.1. The van der Waals surface area contributed by atoms with Crippen molar-refractivity contribution in [2.75, 3.05) is 11.9 Å². The normalized spacial score (nSPS) is 21.9. The Morgan fingerprint density at radius 1 is 1.27 bits per heavy atom. The van der Waals surface area contributed by atoms with Crippen molar-refractivity contribution < 1.29 is 13.7 Å². The van der Waals surface area contributed by atoms with Crippen LogP contribution in [0.15, 0.2) is 21.5 Å². The van der Waals surface area contributed by atoms with Crippen LogP contribution in [0.5, 0.6) is 0 Å². The molecule has 0 bridgehead atoms. The molecule has 2 amide bonds. The van der Waals surface area contributed by atoms with Gasteiger partial charge in [0.2, 0.25) is 0 Å². The van der Waals surface area contributed by atoms with Crippen LogP contribution in [-0.4, -0.2) is 26.6 Å². The maximum Gasteiger partial charge on any atom is 0.354 e. The van der Waals surface area contributed by atoms with Gasteiger partial charge in [-0.3, -0.25) is 4.68 Å². The molecule has 1 aromatic heterocycles. The zero-order valence-corrected chi connectivity index (χ0v) is 18.0. The second-order valence-corrected chi connectivity index (χ2v) is 10.3. The Bertz CT molecular complexity index is 1110. The number of nitrogens with zero attached hydrogens (tertiary/aromatic N) is 3. The van der Waals surface area contributed by atoms with Crippen LogP contribution in [0.4, 0.5) is 10.5 Å². The highest BCUT2D eigenvalue weighted by Gasteiger charge is 2.27. The first-order chi connectivity index (χ1) is 14.4. The minimum absolute atomic E-state index is 0.255. The summed E-state index contributed by atoms with van der Waals surface area (Å²) in [5.41, 5.74) is 6.52. The van der Waals surface area contributed by atoms with Crippen LogP contribution in [0, 0.1) is 5.92 Å². The molecular formula is C21H27N5O3S. The molecule has 1 aliphatic heterocycles. The Balaban J connectivity index is 1.47. The number of fused-ring (bicyclic) bond motifs is 3. The Morgan fingerprint density at radius 3 is 2.67 bits per heavy atom. The lowest BCUT2D eigenvalue weighted by molar-refractivity contribution is 0.0988. The fraction of sp³-hybridized carbons (Fsp3) is 0.524. The third-order valence-corrected chi connectivity index (χ3v) is 7.68. The molecule has 2 aromatic rings. The maximum atomic E-state index is 13.2. The standard InChI is InChI=1S/C21H27N5O3S/c1-13-10-26-18(12-29-11-13)19(9-23-26)30(22,28)25-21(27)24-20-16-6-2-4-14(16)8-15-5-3-7-17(15)20/h8-9,13H,2-7,10-12H2,1H3,(H3,22,24,25,27,28). The second-order valence-electron chi connectivity index (χ2n) is 8.58. The van der Waals surface area contributed by atoms with E-state index >= 15 is 0 Å². The van der Waals surface area contributed by atoms with E-state index in [2.05, 4.69) is 27.8 Å². The van der Waals surface area contributed by atoms with Gasteiger partial charge in [-0.05, 0) is 66.7 Å². The summed E-state index contributed by atoms with van der Waals surface area (Å²) >= 11 is 0. The number of rotatable bonds is 2. The van der Waals surface area contributed by atoms with Crippen molar-refractivity contribution in [2.45, 2.75) is 63.5 Å². The third-order valence-electron chi connectivity index (χ3n) is 6.27. The quantitative estimate of drug-likeness (QED) is 0.764. The lowest BCUT2D eigenvalue weighted by atomic mass is 9.99. The molecule has 0 radical (unpaired) electrons. The van der Waals surface area contributed by atoms with Gasteiger partial charge in [0, 0.05) is 12.2 Å². The van der Waals surface area contributed by atoms with Crippen molar-refractivity contribution >= 4 is 21.6 Å². The lowest BCUT2D eigenvalue weighted by Gasteiger charge is -2.15. The molecule has 0 spiro atoms. The van der Waals surface area contributed by atoms with Gasteiger partial charge in [0.05, 0.1) is 25.1 Å². The van der Waals surface area contributed by atoms with E-state index in [0.29, 0.717) is 18.8 Å². The van der Waals surface area contributed by atoms with Crippen LogP contribution in [0.1, 0.15) is 47.7 Å². The molecule has 2 unspecified atom stereocenters. The number of aryl methyl sites for hydroxylation is 2. The summed E-state index contributed by atoms with van der Waals surface area (Å²) in [6.45, 7) is 3.56. The first kappa shape index (κ1) is 19.7. The fourth-order valence-corrected chi connectivity index (χ4v) is 6.01. The number of benzene rings is 1. The van der Waals surface area contributed by atoms with Crippen molar-refractivity contribution in [2.24, 2.45) is 15.4 Å². The van der Waals surface area contributed by atoms with Crippen molar-refractivity contribution in [3.8, 4) is 0 Å². The van der Waals surface area contributed by atoms with Gasteiger partial charge in [0.25, 0.3) is 0 Å². The molecule has 8 nitrogen and oxygen atoms in total. The van der Waals surface area contributed by atoms with Crippen molar-refractivity contribution in [3.05, 3.63) is 40.2 Å². The van der Waals surface area contributed by atoms with Crippen LogP contribution >= 0.6 is 0 Å². The molecule has 30 heavy (non-hydrogen) atoms. The van der Waals surface area contributed by atoms with Gasteiger partial charge in [-0.15, -0.1) is 4.36 Å². The van der Waals surface area contributed by atoms with Crippen LogP contribution in [-0.2, 0) is 53.5 Å². The van der Waals surface area contributed by atoms with Gasteiger partial charge < -0.3 is 10.1 Å². The SMILES string of the molecule is CC1COCc2c(S(N)(=O)=NC(=O)Nc3c4c(cc5c3CCC5)CCC4)cnn2C1. The second kappa shape index (κ2) is 7.47. The summed E-state index contributed by atoms with van der Waals surface area (Å²) in [5, 5.41) is 13.3. The highest BCUT2D eigenvalue weighted by molar-refractivity contribution is 7.91. The number of ether oxygens (including phenoxy) is 1. The summed E-state index contributed by atoms with van der Waals surface area (Å²) < 4.78 is 24.5. The molecule has 1 aromatic carbocycles. The van der Waals surface area contributed by atoms with Crippen molar-refractivity contribution in [1.82, 2.24) is 9.78 Å². The smallest absolute Gasteiger partial charge is 0.354 e.